The number of benzene rings is 2. The van der Waals surface area contributed by atoms with Gasteiger partial charge in [0.2, 0.25) is 0 Å². The van der Waals surface area contributed by atoms with E-state index in [0.717, 1.165) is 36.9 Å². The van der Waals surface area contributed by atoms with Gasteiger partial charge in [0.05, 0.1) is 5.56 Å². The maximum atomic E-state index is 13.5. The van der Waals surface area contributed by atoms with E-state index in [1.807, 2.05) is 48.2 Å². The topological polar surface area (TPSA) is 62.3 Å². The highest BCUT2D eigenvalue weighted by molar-refractivity contribution is 6.30. The minimum atomic E-state index is -0.219. The van der Waals surface area contributed by atoms with Crippen LogP contribution in [0.4, 0.5) is 11.5 Å². The third-order valence-electron chi connectivity index (χ3n) is 7.06. The first kappa shape index (κ1) is 21.7. The van der Waals surface area contributed by atoms with Crippen LogP contribution in [0.2, 0.25) is 5.02 Å². The number of nitrogens with one attached hydrogen (secondary N) is 1. The molecule has 1 saturated carbocycles. The number of carbonyl (C=O) groups excluding carboxylic acids is 2. The van der Waals surface area contributed by atoms with Crippen LogP contribution in [-0.2, 0) is 5.41 Å². The quantitative estimate of drug-likeness (QED) is 0.510. The van der Waals surface area contributed by atoms with Gasteiger partial charge in [-0.3, -0.25) is 9.59 Å². The standard InChI is InChI=1S/C27H26ClN3O2/c1-18-6-2-3-7-21(18)25(32)30-24-11-8-19(17-29-24)26(33)31-15-5-14-27(12-4-13-27)22-16-20(28)9-10-23(22)31/h2-3,6-11,16-17H,4-5,12-15H2,1H3,(H,29,30,32). The highest BCUT2D eigenvalue weighted by atomic mass is 35.5. The molecule has 33 heavy (non-hydrogen) atoms. The van der Waals surface area contributed by atoms with Gasteiger partial charge in [0.25, 0.3) is 11.8 Å². The van der Waals surface area contributed by atoms with E-state index in [4.69, 9.17) is 11.6 Å². The Labute approximate surface area is 198 Å². The molecular formula is C27H26ClN3O2. The van der Waals surface area contributed by atoms with E-state index in [0.29, 0.717) is 28.5 Å². The van der Waals surface area contributed by atoms with Crippen molar-refractivity contribution in [3.05, 3.63) is 88.1 Å². The van der Waals surface area contributed by atoms with Gasteiger partial charge in [0.15, 0.2) is 0 Å². The monoisotopic (exact) mass is 459 g/mol. The molecule has 2 aliphatic rings. The predicted molar refractivity (Wildman–Crippen MR) is 131 cm³/mol. The van der Waals surface area contributed by atoms with E-state index in [2.05, 4.69) is 10.3 Å². The number of anilines is 2. The van der Waals surface area contributed by atoms with Gasteiger partial charge in [0, 0.05) is 29.0 Å². The number of nitrogens with zero attached hydrogens (tertiary/aromatic N) is 2. The first-order valence-electron chi connectivity index (χ1n) is 11.4. The number of halogens is 1. The van der Waals surface area contributed by atoms with E-state index in [-0.39, 0.29) is 17.2 Å². The molecule has 0 bridgehead atoms. The van der Waals surface area contributed by atoms with E-state index in [9.17, 15) is 9.59 Å². The molecule has 0 atom stereocenters. The summed E-state index contributed by atoms with van der Waals surface area (Å²) in [6.45, 7) is 2.56. The van der Waals surface area contributed by atoms with Crippen LogP contribution in [0, 0.1) is 6.92 Å². The van der Waals surface area contributed by atoms with Crippen molar-refractivity contribution in [1.82, 2.24) is 4.98 Å². The Morgan fingerprint density at radius 3 is 2.52 bits per heavy atom. The molecule has 2 heterocycles. The maximum Gasteiger partial charge on any atom is 0.259 e. The summed E-state index contributed by atoms with van der Waals surface area (Å²) >= 11 is 6.35. The molecular weight excluding hydrogens is 434 g/mol. The molecule has 5 rings (SSSR count). The summed E-state index contributed by atoms with van der Waals surface area (Å²) in [6.07, 6.45) is 7.09. The molecule has 1 aliphatic heterocycles. The minimum Gasteiger partial charge on any atom is -0.308 e. The summed E-state index contributed by atoms with van der Waals surface area (Å²) in [5.74, 6) is 0.110. The third-order valence-corrected chi connectivity index (χ3v) is 7.29. The second kappa shape index (κ2) is 8.64. The second-order valence-electron chi connectivity index (χ2n) is 9.06. The Kier molecular flexibility index (Phi) is 5.67. The van der Waals surface area contributed by atoms with Crippen LogP contribution in [-0.4, -0.2) is 23.3 Å². The molecule has 2 amide bonds. The number of hydrogen-bond donors (Lipinski definition) is 1. The fraction of sp³-hybridized carbons (Fsp3) is 0.296. The molecule has 5 nitrogen and oxygen atoms in total. The zero-order chi connectivity index (χ0) is 23.0. The summed E-state index contributed by atoms with van der Waals surface area (Å²) in [5, 5.41) is 3.53. The van der Waals surface area contributed by atoms with Gasteiger partial charge in [-0.2, -0.15) is 0 Å². The number of amides is 2. The maximum absolute atomic E-state index is 13.5. The average Bonchev–Trinajstić information content (AvgIpc) is 2.96. The van der Waals surface area contributed by atoms with Crippen molar-refractivity contribution in [1.29, 1.82) is 0 Å². The van der Waals surface area contributed by atoms with Crippen LogP contribution >= 0.6 is 11.6 Å². The number of carbonyl (C=O) groups is 2. The smallest absolute Gasteiger partial charge is 0.259 e. The summed E-state index contributed by atoms with van der Waals surface area (Å²) in [4.78, 5) is 32.2. The van der Waals surface area contributed by atoms with Crippen LogP contribution in [0.5, 0.6) is 0 Å². The minimum absolute atomic E-state index is 0.0840. The largest absolute Gasteiger partial charge is 0.308 e. The number of rotatable bonds is 3. The number of aromatic nitrogens is 1. The third kappa shape index (κ3) is 4.02. The van der Waals surface area contributed by atoms with Gasteiger partial charge in [-0.05, 0) is 85.5 Å². The molecule has 1 aromatic heterocycles. The number of fused-ring (bicyclic) bond motifs is 2. The second-order valence-corrected chi connectivity index (χ2v) is 9.49. The van der Waals surface area contributed by atoms with E-state index < -0.39 is 0 Å². The fourth-order valence-electron chi connectivity index (χ4n) is 5.09. The highest BCUT2D eigenvalue weighted by Crippen LogP contribution is 2.52. The molecule has 0 radical (unpaired) electrons. The van der Waals surface area contributed by atoms with Gasteiger partial charge >= 0.3 is 0 Å². The van der Waals surface area contributed by atoms with Crippen molar-refractivity contribution in [2.75, 3.05) is 16.8 Å². The van der Waals surface area contributed by atoms with E-state index in [1.54, 1.807) is 18.2 Å². The zero-order valence-electron chi connectivity index (χ0n) is 18.6. The van der Waals surface area contributed by atoms with Crippen LogP contribution in [0.3, 0.4) is 0 Å². The van der Waals surface area contributed by atoms with Gasteiger partial charge in [-0.15, -0.1) is 0 Å². The van der Waals surface area contributed by atoms with Crippen molar-refractivity contribution in [3.63, 3.8) is 0 Å². The molecule has 2 aromatic carbocycles. The summed E-state index contributed by atoms with van der Waals surface area (Å²) in [7, 11) is 0. The lowest BCUT2D eigenvalue weighted by atomic mass is 9.62. The normalized spacial score (nSPS) is 16.5. The number of hydrogen-bond acceptors (Lipinski definition) is 3. The first-order chi connectivity index (χ1) is 16.0. The molecule has 3 aromatic rings. The molecule has 1 fully saturated rings. The molecule has 1 aliphatic carbocycles. The molecule has 6 heteroatoms. The van der Waals surface area contributed by atoms with Gasteiger partial charge in [-0.25, -0.2) is 4.98 Å². The van der Waals surface area contributed by atoms with Crippen LogP contribution in [0.25, 0.3) is 0 Å². The van der Waals surface area contributed by atoms with Gasteiger partial charge in [-0.1, -0.05) is 36.2 Å². The van der Waals surface area contributed by atoms with Crippen LogP contribution in [0.15, 0.2) is 60.8 Å². The SMILES string of the molecule is Cc1ccccc1C(=O)Nc1ccc(C(=O)N2CCCC3(CCC3)c3cc(Cl)ccc32)cn1. The Balaban J connectivity index is 1.38. The zero-order valence-corrected chi connectivity index (χ0v) is 19.4. The van der Waals surface area contributed by atoms with Crippen molar-refractivity contribution >= 4 is 34.9 Å². The lowest BCUT2D eigenvalue weighted by Crippen LogP contribution is -2.35. The molecule has 0 unspecified atom stereocenters. The van der Waals surface area contributed by atoms with Crippen LogP contribution < -0.4 is 10.2 Å². The summed E-state index contributed by atoms with van der Waals surface area (Å²) in [6, 6.07) is 16.7. The Morgan fingerprint density at radius 1 is 1.03 bits per heavy atom. The summed E-state index contributed by atoms with van der Waals surface area (Å²) in [5.41, 5.74) is 4.29. The molecule has 1 spiro atoms. The summed E-state index contributed by atoms with van der Waals surface area (Å²) < 4.78 is 0. The Bertz CT molecular complexity index is 1220. The van der Waals surface area contributed by atoms with Gasteiger partial charge < -0.3 is 10.2 Å². The highest BCUT2D eigenvalue weighted by Gasteiger charge is 2.43. The molecule has 0 saturated heterocycles. The Hall–Kier alpha value is -3.18. The van der Waals surface area contributed by atoms with Crippen LogP contribution in [0.1, 0.15) is 63.9 Å². The van der Waals surface area contributed by atoms with Crippen molar-refractivity contribution in [3.8, 4) is 0 Å². The average molecular weight is 460 g/mol. The first-order valence-corrected chi connectivity index (χ1v) is 11.8. The lowest BCUT2D eigenvalue weighted by Gasteiger charge is -2.43. The molecule has 168 valence electrons. The number of aryl methyl sites for hydroxylation is 1. The molecule has 1 N–H and O–H groups in total. The number of pyridine rings is 1. The van der Waals surface area contributed by atoms with E-state index in [1.165, 1.54) is 18.2 Å². The van der Waals surface area contributed by atoms with E-state index >= 15 is 0 Å². The van der Waals surface area contributed by atoms with Crippen molar-refractivity contribution in [2.24, 2.45) is 0 Å². The van der Waals surface area contributed by atoms with Gasteiger partial charge in [0.1, 0.15) is 5.82 Å². The Morgan fingerprint density at radius 2 is 1.82 bits per heavy atom. The van der Waals surface area contributed by atoms with Crippen molar-refractivity contribution < 1.29 is 9.59 Å². The lowest BCUT2D eigenvalue weighted by molar-refractivity contribution is 0.0985. The predicted octanol–water partition coefficient (Wildman–Crippen LogP) is 6.16. The van der Waals surface area contributed by atoms with Crippen molar-refractivity contribution in [2.45, 2.75) is 44.4 Å². The fourth-order valence-corrected chi connectivity index (χ4v) is 5.27.